The van der Waals surface area contributed by atoms with Gasteiger partial charge in [-0.05, 0) is 31.9 Å². The topological polar surface area (TPSA) is 292 Å². The summed E-state index contributed by atoms with van der Waals surface area (Å²) in [6, 6.07) is 0. The van der Waals surface area contributed by atoms with Crippen LogP contribution >= 0.6 is 58.4 Å². The number of carboxylic acids is 2. The van der Waals surface area contributed by atoms with Crippen molar-refractivity contribution in [1.82, 2.24) is 51.9 Å². The summed E-state index contributed by atoms with van der Waals surface area (Å²) < 4.78 is 33.3. The van der Waals surface area contributed by atoms with Gasteiger partial charge in [0.15, 0.2) is 5.16 Å². The normalized spacial score (nSPS) is 12.4. The maximum atomic E-state index is 10.7. The van der Waals surface area contributed by atoms with E-state index in [0.29, 0.717) is 15.5 Å². The van der Waals surface area contributed by atoms with Crippen molar-refractivity contribution in [3.8, 4) is 0 Å². The first-order valence-electron chi connectivity index (χ1n) is 11.9. The number of aliphatic carboxylic acids is 2. The van der Waals surface area contributed by atoms with Crippen LogP contribution in [0.15, 0.2) is 29.3 Å². The number of hydrogen-bond donors (Lipinski definition) is 7. The predicted octanol–water partition coefficient (Wildman–Crippen LogP) is -2.62. The minimum absolute atomic E-state index is 0. The van der Waals surface area contributed by atoms with E-state index in [4.69, 9.17) is 10.2 Å². The van der Waals surface area contributed by atoms with Gasteiger partial charge in [-0.2, -0.15) is 4.98 Å². The van der Waals surface area contributed by atoms with Crippen LogP contribution in [0, 0.1) is 6.92 Å². The Labute approximate surface area is 333 Å². The summed E-state index contributed by atoms with van der Waals surface area (Å²) in [5.41, 5.74) is 9.16. The molecule has 0 aromatic carbocycles. The molecule has 282 valence electrons. The van der Waals surface area contributed by atoms with Gasteiger partial charge in [0, 0.05) is 11.9 Å². The quantitative estimate of drug-likeness (QED) is 0.0620. The van der Waals surface area contributed by atoms with Crippen molar-refractivity contribution in [2.45, 2.75) is 45.1 Å². The van der Waals surface area contributed by atoms with Gasteiger partial charge in [-0.25, -0.2) is 24.5 Å². The van der Waals surface area contributed by atoms with Crippen LogP contribution in [0.2, 0.25) is 0 Å². The van der Waals surface area contributed by atoms with Crippen LogP contribution in [0.1, 0.15) is 32.9 Å². The number of rotatable bonds is 8. The molecule has 4 heterocycles. The number of hydrazone groups is 2. The van der Waals surface area contributed by atoms with Crippen molar-refractivity contribution in [2.24, 2.45) is 17.3 Å². The molecule has 21 nitrogen and oxygen atoms in total. The van der Waals surface area contributed by atoms with E-state index in [-0.39, 0.29) is 64.8 Å². The minimum atomic E-state index is -4.27. The van der Waals surface area contributed by atoms with E-state index in [1.54, 1.807) is 31.3 Å². The monoisotopic (exact) mass is 834 g/mol. The summed E-state index contributed by atoms with van der Waals surface area (Å²) in [6.07, 6.45) is 7.34. The minimum Gasteiger partial charge on any atom is -0.747 e. The van der Waals surface area contributed by atoms with E-state index < -0.39 is 39.1 Å². The molecule has 2 aliphatic heterocycles. The number of hydrazine groups is 4. The van der Waals surface area contributed by atoms with E-state index in [9.17, 15) is 32.1 Å². The molecule has 0 unspecified atom stereocenters. The van der Waals surface area contributed by atoms with E-state index in [0.717, 1.165) is 19.9 Å². The van der Waals surface area contributed by atoms with Crippen LogP contribution in [-0.4, -0.2) is 113 Å². The second-order valence-corrected chi connectivity index (χ2v) is 13.7. The molecule has 0 atom stereocenters. The van der Waals surface area contributed by atoms with Gasteiger partial charge in [-0.1, -0.05) is 69.3 Å². The molecule has 0 saturated carbocycles. The van der Waals surface area contributed by atoms with Crippen LogP contribution in [0.5, 0.6) is 0 Å². The average Bonchev–Trinajstić information content (AvgIpc) is 3.70. The van der Waals surface area contributed by atoms with Crippen molar-refractivity contribution >= 4 is 90.8 Å². The molecule has 0 amide bonds. The van der Waals surface area contributed by atoms with E-state index in [1.165, 1.54) is 56.3 Å². The Morgan fingerprint density at radius 1 is 0.880 bits per heavy atom. The Balaban J connectivity index is -0.000000275. The van der Waals surface area contributed by atoms with E-state index >= 15 is 0 Å². The van der Waals surface area contributed by atoms with Gasteiger partial charge in [0.05, 0.1) is 12.1 Å². The molecule has 0 spiro atoms. The Bertz CT molecular complexity index is 1620. The first-order valence-corrected chi connectivity index (χ1v) is 19.2. The first kappa shape index (κ1) is 54.7. The summed E-state index contributed by atoms with van der Waals surface area (Å²) in [7, 11) is -2.65. The van der Waals surface area contributed by atoms with Gasteiger partial charge in [-0.3, -0.25) is 39.0 Å². The molecule has 4 rings (SSSR count). The van der Waals surface area contributed by atoms with Crippen molar-refractivity contribution in [2.75, 3.05) is 37.4 Å². The fourth-order valence-electron chi connectivity index (χ4n) is 2.72. The molecular formula is C22H43N12NaO9S6. The fraction of sp³-hybridized carbons (Fsp3) is 0.545. The zero-order valence-electron chi connectivity index (χ0n) is 26.0. The van der Waals surface area contributed by atoms with Crippen LogP contribution < -0.4 is 62.8 Å². The second-order valence-electron chi connectivity index (χ2n) is 7.91. The fourth-order valence-corrected chi connectivity index (χ4v) is 6.37. The Morgan fingerprint density at radius 3 is 1.82 bits per heavy atom. The van der Waals surface area contributed by atoms with E-state index in [2.05, 4.69) is 47.4 Å². The number of thiazole rings is 1. The molecular weight excluding hydrogens is 792 g/mol. The second kappa shape index (κ2) is 27.6. The Morgan fingerprint density at radius 2 is 1.40 bits per heavy atom. The Kier molecular flexibility index (Phi) is 30.2. The molecule has 28 heteroatoms. The standard InChI is InChI=1S/C7H9NO2S2.C5H7N3O2S.C4H8N4O2S.C3H8N4O3S2.3CH4.Na/c1-4-5(3-6(9)10)12-7(8-4)11-2;1-8-5(11-2)6-3(9)4(10)7-8;1-11-4-5-6-7-8(4)2-3(9)10;1-11-3-4-5-6-7(3)2-12(8,9)10;;;;/h3H2,1-2H3,(H,9,10);1-2H3,(H,7,10);6-7H,2H2,1H3,(H,9,10);5-6H,2H2,1H3,(H,8,9,10);3*1H4;/q;;;;;;;+1/p-1. The summed E-state index contributed by atoms with van der Waals surface area (Å²) in [4.78, 5) is 50.5. The number of aromatic nitrogens is 4. The largest absolute Gasteiger partial charge is 1.00 e. The average molecular weight is 835 g/mol. The van der Waals surface area contributed by atoms with Gasteiger partial charge >= 0.3 is 52.6 Å². The van der Waals surface area contributed by atoms with Gasteiger partial charge in [-0.15, -0.1) is 32.6 Å². The number of nitrogens with zero attached hydrogens (tertiary/aromatic N) is 7. The number of thioether (sulfide) groups is 4. The smallest absolute Gasteiger partial charge is 0.747 e. The van der Waals surface area contributed by atoms with Gasteiger partial charge in [0.2, 0.25) is 10.3 Å². The van der Waals surface area contributed by atoms with Gasteiger partial charge in [0.1, 0.15) is 26.9 Å². The zero-order valence-corrected chi connectivity index (χ0v) is 32.9. The van der Waals surface area contributed by atoms with E-state index in [1.807, 2.05) is 19.4 Å². The molecule has 0 bridgehead atoms. The number of nitrogens with one attached hydrogen (secondary N) is 5. The molecule has 2 aliphatic rings. The number of hydrogen-bond acceptors (Lipinski definition) is 22. The van der Waals surface area contributed by atoms with Crippen molar-refractivity contribution < 1.29 is 62.3 Å². The third kappa shape index (κ3) is 20.7. The van der Waals surface area contributed by atoms with Crippen molar-refractivity contribution in [1.29, 1.82) is 0 Å². The molecule has 50 heavy (non-hydrogen) atoms. The number of amidine groups is 2. The number of H-pyrrole nitrogens is 1. The van der Waals surface area contributed by atoms with Crippen molar-refractivity contribution in [3.05, 3.63) is 31.3 Å². The van der Waals surface area contributed by atoms with Crippen LogP contribution in [0.4, 0.5) is 0 Å². The number of aromatic amines is 1. The molecule has 0 fully saturated rings. The Hall–Kier alpha value is -2.05. The first-order chi connectivity index (χ1) is 21.5. The summed E-state index contributed by atoms with van der Waals surface area (Å²) in [5, 5.41) is 30.8. The van der Waals surface area contributed by atoms with Gasteiger partial charge in [0.25, 0.3) is 0 Å². The van der Waals surface area contributed by atoms with Crippen LogP contribution in [0.25, 0.3) is 0 Å². The molecule has 2 aromatic heterocycles. The number of carbonyl (C=O) groups is 2. The van der Waals surface area contributed by atoms with Gasteiger partial charge < -0.3 is 14.8 Å². The molecule has 7 N–H and O–H groups in total. The number of aryl methyl sites for hydroxylation is 2. The third-order valence-corrected chi connectivity index (χ3v) is 9.37. The molecule has 0 saturated heterocycles. The number of carboxylic acid groups (broad SMARTS) is 2. The molecule has 2 aromatic rings. The predicted molar refractivity (Wildman–Crippen MR) is 197 cm³/mol. The van der Waals surface area contributed by atoms with Crippen molar-refractivity contribution in [3.63, 3.8) is 0 Å². The summed E-state index contributed by atoms with van der Waals surface area (Å²) in [5.74, 6) is -2.34. The zero-order chi connectivity index (χ0) is 35.0. The SMILES string of the molecule is C.C.C.CSC1=NNNN1CC(=O)O.CSC1=NNNN1CS(=O)(=O)[O-].CSc1nc(=O)c(=O)[nH]n1C.CSc1nc(C)c(CC(=O)O)s1.[Na+]. The summed E-state index contributed by atoms with van der Waals surface area (Å²) >= 11 is 6.90. The van der Waals surface area contributed by atoms with Crippen LogP contribution in [-0.2, 0) is 33.2 Å². The van der Waals surface area contributed by atoms with Crippen LogP contribution in [0.3, 0.4) is 0 Å². The maximum Gasteiger partial charge on any atom is 1.00 e. The molecule has 0 aliphatic carbocycles. The maximum absolute atomic E-state index is 10.7. The summed E-state index contributed by atoms with van der Waals surface area (Å²) in [6.45, 7) is 1.74. The molecule has 0 radical (unpaired) electrons. The third-order valence-electron chi connectivity index (χ3n) is 4.57.